The Morgan fingerprint density at radius 2 is 1.86 bits per heavy atom. The third-order valence-electron chi connectivity index (χ3n) is 5.83. The van der Waals surface area contributed by atoms with E-state index in [1.807, 2.05) is 41.1 Å². The van der Waals surface area contributed by atoms with Gasteiger partial charge in [-0.25, -0.2) is 4.98 Å². The number of pyridine rings is 1. The zero-order valence-corrected chi connectivity index (χ0v) is 21.5. The van der Waals surface area contributed by atoms with E-state index < -0.39 is 10.8 Å². The molecule has 0 saturated carbocycles. The second-order valence-corrected chi connectivity index (χ2v) is 10.5. The predicted octanol–water partition coefficient (Wildman–Crippen LogP) is 6.09. The number of nitrogens with zero attached hydrogens (tertiary/aromatic N) is 1. The van der Waals surface area contributed by atoms with Crippen LogP contribution in [0.15, 0.2) is 88.5 Å². The predicted molar refractivity (Wildman–Crippen MR) is 141 cm³/mol. The number of thiophene rings is 1. The largest absolute Gasteiger partial charge is 0.497 e. The van der Waals surface area contributed by atoms with E-state index in [0.717, 1.165) is 17.3 Å². The minimum atomic E-state index is -1.11. The van der Waals surface area contributed by atoms with Crippen molar-refractivity contribution in [2.75, 3.05) is 7.11 Å². The fraction of sp³-hybridized carbons (Fsp3) is 0.148. The summed E-state index contributed by atoms with van der Waals surface area (Å²) < 4.78 is 11.2. The quantitative estimate of drug-likeness (QED) is 0.288. The summed E-state index contributed by atoms with van der Waals surface area (Å²) in [4.78, 5) is 32.2. The molecule has 0 radical (unpaired) electrons. The lowest BCUT2D eigenvalue weighted by atomic mass is 9.79. The molecule has 2 unspecified atom stereocenters. The fourth-order valence-corrected chi connectivity index (χ4v) is 6.06. The average molecular weight is 537 g/mol. The third-order valence-corrected chi connectivity index (χ3v) is 8.27. The molecule has 182 valence electrons. The van der Waals surface area contributed by atoms with Gasteiger partial charge in [0.15, 0.2) is 5.78 Å². The van der Waals surface area contributed by atoms with E-state index in [-0.39, 0.29) is 18.1 Å². The summed E-state index contributed by atoms with van der Waals surface area (Å²) in [6.45, 7) is 0. The molecule has 2 atom stereocenters. The molecule has 3 heterocycles. The lowest BCUT2D eigenvalue weighted by molar-refractivity contribution is -0.133. The topological polar surface area (TPSA) is 77.5 Å². The zero-order valence-electron chi connectivity index (χ0n) is 19.1. The maximum atomic E-state index is 13.5. The Bertz CT molecular complexity index is 1390. The van der Waals surface area contributed by atoms with Crippen molar-refractivity contribution in [2.45, 2.75) is 22.1 Å². The van der Waals surface area contributed by atoms with E-state index in [1.165, 1.54) is 11.3 Å². The molecular formula is C27H21ClN2O4S2. The van der Waals surface area contributed by atoms with E-state index in [1.54, 1.807) is 49.6 Å². The molecule has 0 bridgehead atoms. The van der Waals surface area contributed by atoms with Gasteiger partial charge in [0.1, 0.15) is 22.3 Å². The first kappa shape index (κ1) is 24.4. The Hall–Kier alpha value is -3.33. The summed E-state index contributed by atoms with van der Waals surface area (Å²) in [5.74, 6) is 0.970. The molecule has 6 nitrogen and oxygen atoms in total. The molecule has 4 aromatic rings. The van der Waals surface area contributed by atoms with Crippen molar-refractivity contribution in [1.29, 1.82) is 0 Å². The van der Waals surface area contributed by atoms with Crippen molar-refractivity contribution in [3.8, 4) is 17.4 Å². The molecule has 1 N–H and O–H groups in total. The Morgan fingerprint density at radius 3 is 2.61 bits per heavy atom. The van der Waals surface area contributed by atoms with E-state index in [9.17, 15) is 9.59 Å². The maximum Gasteiger partial charge on any atom is 0.242 e. The summed E-state index contributed by atoms with van der Waals surface area (Å²) in [6, 6.07) is 21.6. The molecule has 1 fully saturated rings. The number of Topliss-reactive ketones (excluding diaryl/α,β-unsaturated/α-hetero) is 1. The molecule has 0 spiro atoms. The molecule has 1 aliphatic heterocycles. The monoisotopic (exact) mass is 536 g/mol. The summed E-state index contributed by atoms with van der Waals surface area (Å²) >= 11 is 8.93. The summed E-state index contributed by atoms with van der Waals surface area (Å²) in [6.07, 6.45) is 0.0488. The lowest BCUT2D eigenvalue weighted by Gasteiger charge is -2.39. The first-order chi connectivity index (χ1) is 17.5. The number of rotatable bonds is 7. The van der Waals surface area contributed by atoms with Gasteiger partial charge in [-0.3, -0.25) is 9.59 Å². The van der Waals surface area contributed by atoms with Crippen molar-refractivity contribution in [3.05, 3.63) is 99.8 Å². The second-order valence-electron chi connectivity index (χ2n) is 8.12. The standard InChI is InChI=1S/C27H21ClN2O4S2/c1-33-18-6-4-7-19(14-18)34-24-11-5-10-23(29-24)27(17-12-13-35-16-17)15-21(31)25(26(32)30-27)36-22-9-3-2-8-20(22)28/h2-14,16,25H,15H2,1H3,(H,30,32). The minimum absolute atomic E-state index is 0.0488. The molecule has 1 saturated heterocycles. The highest BCUT2D eigenvalue weighted by atomic mass is 35.5. The van der Waals surface area contributed by atoms with Crippen molar-refractivity contribution in [3.63, 3.8) is 0 Å². The number of methoxy groups -OCH3 is 1. The number of halogens is 1. The summed E-state index contributed by atoms with van der Waals surface area (Å²) in [7, 11) is 1.59. The first-order valence-electron chi connectivity index (χ1n) is 11.1. The van der Waals surface area contributed by atoms with Gasteiger partial charge in [0.25, 0.3) is 0 Å². The summed E-state index contributed by atoms with van der Waals surface area (Å²) in [5.41, 5.74) is 0.199. The van der Waals surface area contributed by atoms with Gasteiger partial charge in [0.2, 0.25) is 11.8 Å². The van der Waals surface area contributed by atoms with Crippen LogP contribution in [-0.2, 0) is 15.1 Å². The van der Waals surface area contributed by atoms with Crippen LogP contribution in [0.25, 0.3) is 0 Å². The Labute approximate surface area is 221 Å². The van der Waals surface area contributed by atoms with Crippen LogP contribution < -0.4 is 14.8 Å². The van der Waals surface area contributed by atoms with Gasteiger partial charge < -0.3 is 14.8 Å². The maximum absolute atomic E-state index is 13.5. The number of nitrogens with one attached hydrogen (secondary N) is 1. The number of thioether (sulfide) groups is 1. The average Bonchev–Trinajstić information content (AvgIpc) is 3.43. The van der Waals surface area contributed by atoms with Crippen LogP contribution in [0, 0.1) is 0 Å². The second kappa shape index (κ2) is 10.3. The number of carbonyl (C=O) groups is 2. The van der Waals surface area contributed by atoms with Gasteiger partial charge in [-0.1, -0.05) is 35.9 Å². The number of carbonyl (C=O) groups excluding carboxylic acids is 2. The van der Waals surface area contributed by atoms with Gasteiger partial charge >= 0.3 is 0 Å². The molecule has 9 heteroatoms. The molecule has 0 aliphatic carbocycles. The molecule has 2 aromatic heterocycles. The lowest BCUT2D eigenvalue weighted by Crippen LogP contribution is -2.58. The molecular weight excluding hydrogens is 516 g/mol. The number of piperidine rings is 1. The van der Waals surface area contributed by atoms with Gasteiger partial charge in [-0.05, 0) is 52.7 Å². The van der Waals surface area contributed by atoms with Crippen molar-refractivity contribution >= 4 is 46.4 Å². The Kier molecular flexibility index (Phi) is 7.00. The van der Waals surface area contributed by atoms with Gasteiger partial charge in [-0.15, -0.1) is 11.8 Å². The highest BCUT2D eigenvalue weighted by Crippen LogP contribution is 2.41. The Morgan fingerprint density at radius 1 is 1.06 bits per heavy atom. The van der Waals surface area contributed by atoms with E-state index in [4.69, 9.17) is 26.1 Å². The van der Waals surface area contributed by atoms with Crippen LogP contribution in [0.3, 0.4) is 0 Å². The van der Waals surface area contributed by atoms with Crippen molar-refractivity contribution in [2.24, 2.45) is 0 Å². The zero-order chi connectivity index (χ0) is 25.1. The van der Waals surface area contributed by atoms with Gasteiger partial charge in [-0.2, -0.15) is 11.3 Å². The molecule has 2 aromatic carbocycles. The number of ether oxygens (including phenoxy) is 2. The normalized spacial score (nSPS) is 19.6. The highest BCUT2D eigenvalue weighted by molar-refractivity contribution is 8.01. The van der Waals surface area contributed by atoms with Crippen molar-refractivity contribution < 1.29 is 19.1 Å². The van der Waals surface area contributed by atoms with E-state index in [0.29, 0.717) is 33.0 Å². The molecule has 1 amide bonds. The Balaban J connectivity index is 1.48. The third kappa shape index (κ3) is 4.84. The minimum Gasteiger partial charge on any atom is -0.497 e. The number of amides is 1. The number of ketones is 1. The SMILES string of the molecule is COc1cccc(Oc2cccc(C3(c4ccsc4)CC(=O)C(Sc4ccccc4Cl)C(=O)N3)n2)c1. The number of benzene rings is 2. The number of hydrogen-bond acceptors (Lipinski definition) is 7. The van der Waals surface area contributed by atoms with Crippen LogP contribution in [0.4, 0.5) is 0 Å². The van der Waals surface area contributed by atoms with Gasteiger partial charge in [0.05, 0.1) is 17.8 Å². The van der Waals surface area contributed by atoms with Crippen LogP contribution in [-0.4, -0.2) is 29.0 Å². The molecule has 5 rings (SSSR count). The van der Waals surface area contributed by atoms with E-state index in [2.05, 4.69) is 5.32 Å². The van der Waals surface area contributed by atoms with Crippen LogP contribution in [0.2, 0.25) is 5.02 Å². The van der Waals surface area contributed by atoms with E-state index >= 15 is 0 Å². The number of hydrogen-bond donors (Lipinski definition) is 1. The first-order valence-corrected chi connectivity index (χ1v) is 13.3. The van der Waals surface area contributed by atoms with Gasteiger partial charge in [0, 0.05) is 23.4 Å². The molecule has 1 aliphatic rings. The fourth-order valence-electron chi connectivity index (χ4n) is 4.09. The van der Waals surface area contributed by atoms with Crippen molar-refractivity contribution in [1.82, 2.24) is 10.3 Å². The molecule has 36 heavy (non-hydrogen) atoms. The smallest absolute Gasteiger partial charge is 0.242 e. The van der Waals surface area contributed by atoms with Crippen LogP contribution in [0.1, 0.15) is 17.7 Å². The summed E-state index contributed by atoms with van der Waals surface area (Å²) in [5, 5.41) is 6.55. The van der Waals surface area contributed by atoms with Crippen LogP contribution >= 0.6 is 34.7 Å². The number of aromatic nitrogens is 1. The van der Waals surface area contributed by atoms with Crippen LogP contribution in [0.5, 0.6) is 17.4 Å². The highest BCUT2D eigenvalue weighted by Gasteiger charge is 2.48.